The molecule has 0 atom stereocenters. The summed E-state index contributed by atoms with van der Waals surface area (Å²) in [5.41, 5.74) is 3.89. The van der Waals surface area contributed by atoms with Crippen LogP contribution in [0.25, 0.3) is 21.9 Å². The van der Waals surface area contributed by atoms with E-state index in [1.807, 2.05) is 54.6 Å². The zero-order valence-electron chi connectivity index (χ0n) is 19.7. The number of hydrogen-bond acceptors (Lipinski definition) is 3. The van der Waals surface area contributed by atoms with Gasteiger partial charge in [0.25, 0.3) is 5.56 Å². The Labute approximate surface area is 200 Å². The molecule has 5 nitrogen and oxygen atoms in total. The van der Waals surface area contributed by atoms with E-state index in [2.05, 4.69) is 17.4 Å². The van der Waals surface area contributed by atoms with Crippen molar-refractivity contribution in [2.45, 2.75) is 32.2 Å². The third-order valence-corrected chi connectivity index (χ3v) is 6.20. The van der Waals surface area contributed by atoms with Gasteiger partial charge in [-0.3, -0.25) is 9.59 Å². The number of nitrogens with one attached hydrogen (secondary N) is 1. The molecule has 0 unspecified atom stereocenters. The summed E-state index contributed by atoms with van der Waals surface area (Å²) >= 11 is 0. The summed E-state index contributed by atoms with van der Waals surface area (Å²) in [5, 5.41) is 4.48. The minimum absolute atomic E-state index is 0.00902. The minimum atomic E-state index is -0.0931. The molecule has 4 rings (SSSR count). The lowest BCUT2D eigenvalue weighted by Gasteiger charge is -2.18. The number of carbonyl (C=O) groups is 1. The van der Waals surface area contributed by atoms with Crippen LogP contribution in [0, 0.1) is 0 Å². The van der Waals surface area contributed by atoms with E-state index in [1.165, 1.54) is 5.56 Å². The molecule has 174 valence electrons. The zero-order chi connectivity index (χ0) is 23.9. The van der Waals surface area contributed by atoms with Gasteiger partial charge in [0.1, 0.15) is 5.75 Å². The fraction of sp³-hybridized carbons (Fsp3) is 0.241. The van der Waals surface area contributed by atoms with Crippen molar-refractivity contribution in [3.63, 3.8) is 0 Å². The standard InChI is InChI=1S/C29H30N2O3/c1-31-26(20-30-27(32)16-10-9-13-21-11-5-3-6-12-21)28(22-14-7-4-8-15-22)25-19-23(34-2)17-18-24(25)29(31)33/h3-8,11-12,14-15,17-19H,9-10,13,16,20H2,1-2H3,(H,30,32). The van der Waals surface area contributed by atoms with Gasteiger partial charge in [-0.1, -0.05) is 60.7 Å². The molecule has 0 saturated heterocycles. The van der Waals surface area contributed by atoms with Crippen molar-refractivity contribution >= 4 is 16.7 Å². The zero-order valence-corrected chi connectivity index (χ0v) is 19.7. The molecule has 0 aliphatic rings. The molecule has 0 spiro atoms. The summed E-state index contributed by atoms with van der Waals surface area (Å²) in [6.45, 7) is 0.278. The van der Waals surface area contributed by atoms with Crippen molar-refractivity contribution in [1.29, 1.82) is 0 Å². The Hall–Kier alpha value is -3.86. The number of aryl methyl sites for hydroxylation is 1. The van der Waals surface area contributed by atoms with Crippen LogP contribution in [-0.2, 0) is 24.8 Å². The molecule has 0 bridgehead atoms. The molecule has 0 saturated carbocycles. The number of rotatable bonds is 9. The van der Waals surface area contributed by atoms with E-state index >= 15 is 0 Å². The predicted molar refractivity (Wildman–Crippen MR) is 137 cm³/mol. The van der Waals surface area contributed by atoms with Gasteiger partial charge in [-0.2, -0.15) is 0 Å². The normalized spacial score (nSPS) is 10.9. The van der Waals surface area contributed by atoms with Gasteiger partial charge >= 0.3 is 0 Å². The Bertz CT molecular complexity index is 1330. The number of amides is 1. The van der Waals surface area contributed by atoms with Crippen molar-refractivity contribution in [3.8, 4) is 16.9 Å². The van der Waals surface area contributed by atoms with Crippen LogP contribution in [0.1, 0.15) is 30.5 Å². The summed E-state index contributed by atoms with van der Waals surface area (Å²) in [7, 11) is 3.38. The number of fused-ring (bicyclic) bond motifs is 1. The van der Waals surface area contributed by atoms with Crippen molar-refractivity contribution in [3.05, 3.63) is 100 Å². The lowest BCUT2D eigenvalue weighted by Crippen LogP contribution is -2.29. The number of carbonyl (C=O) groups excluding carboxylic acids is 1. The van der Waals surface area contributed by atoms with E-state index < -0.39 is 0 Å². The van der Waals surface area contributed by atoms with E-state index in [9.17, 15) is 9.59 Å². The van der Waals surface area contributed by atoms with Crippen LogP contribution in [-0.4, -0.2) is 17.6 Å². The van der Waals surface area contributed by atoms with Crippen molar-refractivity contribution in [1.82, 2.24) is 9.88 Å². The molecule has 34 heavy (non-hydrogen) atoms. The van der Waals surface area contributed by atoms with E-state index in [4.69, 9.17) is 4.74 Å². The highest BCUT2D eigenvalue weighted by molar-refractivity contribution is 5.98. The molecule has 1 aromatic heterocycles. The number of nitrogens with zero attached hydrogens (tertiary/aromatic N) is 1. The van der Waals surface area contributed by atoms with Gasteiger partial charge < -0.3 is 14.6 Å². The van der Waals surface area contributed by atoms with Crippen LogP contribution >= 0.6 is 0 Å². The van der Waals surface area contributed by atoms with Gasteiger partial charge in [-0.15, -0.1) is 0 Å². The summed E-state index contributed by atoms with van der Waals surface area (Å²) in [5.74, 6) is 0.677. The fourth-order valence-corrected chi connectivity index (χ4v) is 4.33. The largest absolute Gasteiger partial charge is 0.497 e. The molecule has 1 heterocycles. The Balaban J connectivity index is 1.56. The van der Waals surface area contributed by atoms with Gasteiger partial charge in [0.15, 0.2) is 0 Å². The Kier molecular flexibility index (Phi) is 7.43. The maximum absolute atomic E-state index is 13.1. The summed E-state index contributed by atoms with van der Waals surface area (Å²) in [6.07, 6.45) is 3.21. The van der Waals surface area contributed by atoms with E-state index in [1.54, 1.807) is 30.9 Å². The maximum Gasteiger partial charge on any atom is 0.258 e. The van der Waals surface area contributed by atoms with E-state index in [0.29, 0.717) is 17.6 Å². The monoisotopic (exact) mass is 454 g/mol. The molecule has 4 aromatic rings. The second-order valence-electron chi connectivity index (χ2n) is 8.43. The average molecular weight is 455 g/mol. The quantitative estimate of drug-likeness (QED) is 0.352. The fourth-order valence-electron chi connectivity index (χ4n) is 4.33. The summed E-state index contributed by atoms with van der Waals surface area (Å²) in [4.78, 5) is 25.7. The highest BCUT2D eigenvalue weighted by Gasteiger charge is 2.17. The molecule has 0 aliphatic carbocycles. The van der Waals surface area contributed by atoms with Crippen LogP contribution in [0.3, 0.4) is 0 Å². The first-order valence-corrected chi connectivity index (χ1v) is 11.6. The summed E-state index contributed by atoms with van der Waals surface area (Å²) < 4.78 is 7.08. The van der Waals surface area contributed by atoms with Gasteiger partial charge in [0.2, 0.25) is 5.91 Å². The maximum atomic E-state index is 13.1. The van der Waals surface area contributed by atoms with Crippen LogP contribution in [0.15, 0.2) is 83.7 Å². The molecule has 5 heteroatoms. The SMILES string of the molecule is COc1ccc2c(=O)n(C)c(CNC(=O)CCCCc3ccccc3)c(-c3ccccc3)c2c1. The number of methoxy groups -OCH3 is 1. The topological polar surface area (TPSA) is 60.3 Å². The second-order valence-corrected chi connectivity index (χ2v) is 8.43. The van der Waals surface area contributed by atoms with Gasteiger partial charge in [-0.25, -0.2) is 0 Å². The van der Waals surface area contributed by atoms with Crippen LogP contribution in [0.4, 0.5) is 0 Å². The third-order valence-electron chi connectivity index (χ3n) is 6.20. The Morgan fingerprint density at radius 2 is 1.62 bits per heavy atom. The molecule has 1 N–H and O–H groups in total. The number of ether oxygens (including phenoxy) is 1. The average Bonchev–Trinajstić information content (AvgIpc) is 2.88. The highest BCUT2D eigenvalue weighted by Crippen LogP contribution is 2.32. The van der Waals surface area contributed by atoms with Gasteiger partial charge in [-0.05, 0) is 48.6 Å². The Morgan fingerprint density at radius 3 is 2.32 bits per heavy atom. The molecular weight excluding hydrogens is 424 g/mol. The summed E-state index contributed by atoms with van der Waals surface area (Å²) in [6, 6.07) is 25.8. The molecule has 3 aromatic carbocycles. The highest BCUT2D eigenvalue weighted by atomic mass is 16.5. The van der Waals surface area contributed by atoms with Crippen molar-refractivity contribution in [2.75, 3.05) is 7.11 Å². The molecular formula is C29H30N2O3. The third kappa shape index (κ3) is 5.20. The van der Waals surface area contributed by atoms with Gasteiger partial charge in [0, 0.05) is 35.5 Å². The first-order chi connectivity index (χ1) is 16.6. The first-order valence-electron chi connectivity index (χ1n) is 11.6. The molecule has 1 amide bonds. The Morgan fingerprint density at radius 1 is 0.912 bits per heavy atom. The first kappa shape index (κ1) is 23.3. The van der Waals surface area contributed by atoms with Crippen LogP contribution in [0.5, 0.6) is 5.75 Å². The number of unbranched alkanes of at least 4 members (excludes halogenated alkanes) is 1. The van der Waals surface area contributed by atoms with Crippen LogP contribution in [0.2, 0.25) is 0 Å². The lowest BCUT2D eigenvalue weighted by molar-refractivity contribution is -0.121. The molecule has 0 radical (unpaired) electrons. The predicted octanol–water partition coefficient (Wildman–Crippen LogP) is 5.24. The number of aromatic nitrogens is 1. The molecule has 0 fully saturated rings. The van der Waals surface area contributed by atoms with Gasteiger partial charge in [0.05, 0.1) is 13.7 Å². The van der Waals surface area contributed by atoms with E-state index in [-0.39, 0.29) is 18.0 Å². The minimum Gasteiger partial charge on any atom is -0.497 e. The second kappa shape index (κ2) is 10.8. The number of pyridine rings is 1. The number of hydrogen-bond donors (Lipinski definition) is 1. The smallest absolute Gasteiger partial charge is 0.258 e. The van der Waals surface area contributed by atoms with Crippen molar-refractivity contribution < 1.29 is 9.53 Å². The lowest BCUT2D eigenvalue weighted by atomic mass is 9.96. The number of benzene rings is 3. The van der Waals surface area contributed by atoms with Crippen LogP contribution < -0.4 is 15.6 Å². The molecule has 0 aliphatic heterocycles. The van der Waals surface area contributed by atoms with E-state index in [0.717, 1.165) is 41.5 Å². The van der Waals surface area contributed by atoms with Crippen molar-refractivity contribution in [2.24, 2.45) is 7.05 Å².